The van der Waals surface area contributed by atoms with Crippen LogP contribution in [-0.4, -0.2) is 26.8 Å². The molecule has 1 N–H and O–H groups in total. The molecule has 0 atom stereocenters. The van der Waals surface area contributed by atoms with Crippen LogP contribution in [0.3, 0.4) is 0 Å². The Morgan fingerprint density at radius 1 is 1.22 bits per heavy atom. The molecule has 0 bridgehead atoms. The maximum atomic E-state index is 5.01. The predicted octanol–water partition coefficient (Wildman–Crippen LogP) is 3.25. The van der Waals surface area contributed by atoms with E-state index in [0.717, 1.165) is 19.7 Å². The van der Waals surface area contributed by atoms with Crippen LogP contribution >= 0.6 is 0 Å². The Bertz CT molecular complexity index is 398. The second-order valence-electron chi connectivity index (χ2n) is 4.97. The van der Waals surface area contributed by atoms with Gasteiger partial charge in [-0.25, -0.2) is 0 Å². The molecule has 0 radical (unpaired) electrons. The Balaban J connectivity index is 2.70. The van der Waals surface area contributed by atoms with Crippen molar-refractivity contribution in [1.29, 1.82) is 0 Å². The fourth-order valence-corrected chi connectivity index (χ4v) is 2.18. The fraction of sp³-hybridized carbons (Fsp3) is 0.500. The van der Waals surface area contributed by atoms with Crippen LogP contribution in [0.15, 0.2) is 17.7 Å². The molecule has 0 aliphatic carbocycles. The minimum absolute atomic E-state index is 0.760. The Morgan fingerprint density at radius 2 is 1.83 bits per heavy atom. The molecule has 0 aliphatic heterocycles. The van der Waals surface area contributed by atoms with Gasteiger partial charge < -0.3 is 10.1 Å². The van der Waals surface area contributed by atoms with Gasteiger partial charge in [-0.3, -0.25) is 0 Å². The molecule has 0 spiro atoms. The molecule has 0 aromatic heterocycles. The molecule has 0 saturated heterocycles. The van der Waals surface area contributed by atoms with Crippen LogP contribution in [0.2, 0.25) is 0 Å². The first-order valence-electron chi connectivity index (χ1n) is 6.49. The molecule has 0 unspecified atom stereocenters. The van der Waals surface area contributed by atoms with E-state index in [0.29, 0.717) is 0 Å². The highest BCUT2D eigenvalue weighted by molar-refractivity contribution is 5.60. The molecule has 0 fully saturated rings. The number of nitrogens with one attached hydrogen (secondary N) is 1. The summed E-state index contributed by atoms with van der Waals surface area (Å²) in [5.41, 5.74) is 6.73. The Hall–Kier alpha value is -1.12. The van der Waals surface area contributed by atoms with E-state index < -0.39 is 0 Å². The number of aryl methyl sites for hydroxylation is 3. The highest BCUT2D eigenvalue weighted by atomic mass is 16.5. The van der Waals surface area contributed by atoms with Crippen molar-refractivity contribution in [2.45, 2.75) is 27.7 Å². The van der Waals surface area contributed by atoms with Crippen molar-refractivity contribution in [2.24, 2.45) is 0 Å². The largest absolute Gasteiger partial charge is 0.383 e. The first kappa shape index (κ1) is 14.9. The molecular formula is C16H25NO. The topological polar surface area (TPSA) is 21.3 Å². The number of methoxy groups -OCH3 is 1. The van der Waals surface area contributed by atoms with Crippen LogP contribution in [0.1, 0.15) is 29.2 Å². The third-order valence-corrected chi connectivity index (χ3v) is 3.02. The van der Waals surface area contributed by atoms with E-state index in [1.807, 2.05) is 0 Å². The third-order valence-electron chi connectivity index (χ3n) is 3.02. The van der Waals surface area contributed by atoms with Crippen molar-refractivity contribution in [3.63, 3.8) is 0 Å². The Morgan fingerprint density at radius 3 is 2.39 bits per heavy atom. The Labute approximate surface area is 111 Å². The molecule has 18 heavy (non-hydrogen) atoms. The maximum absolute atomic E-state index is 5.01. The zero-order chi connectivity index (χ0) is 13.5. The third kappa shape index (κ3) is 4.63. The summed E-state index contributed by atoms with van der Waals surface area (Å²) in [4.78, 5) is 0. The van der Waals surface area contributed by atoms with Crippen LogP contribution in [0.4, 0.5) is 0 Å². The average Bonchev–Trinajstić information content (AvgIpc) is 2.29. The summed E-state index contributed by atoms with van der Waals surface area (Å²) >= 11 is 0. The van der Waals surface area contributed by atoms with Crippen molar-refractivity contribution in [2.75, 3.05) is 26.8 Å². The van der Waals surface area contributed by atoms with Crippen LogP contribution in [0, 0.1) is 20.8 Å². The molecular weight excluding hydrogens is 222 g/mol. The van der Waals surface area contributed by atoms with Gasteiger partial charge in [-0.1, -0.05) is 29.3 Å². The molecule has 0 aliphatic rings. The number of ether oxygens (including phenoxy) is 1. The lowest BCUT2D eigenvalue weighted by atomic mass is 9.98. The second-order valence-corrected chi connectivity index (χ2v) is 4.97. The SMILES string of the molecule is COCCNCC(C)=Cc1c(C)cc(C)cc1C. The number of benzene rings is 1. The standard InChI is InChI=1S/C16H25NO/c1-12-8-14(3)16(15(4)9-12)10-13(2)11-17-6-7-18-5/h8-10,17H,6-7,11H2,1-5H3. The minimum atomic E-state index is 0.760. The van der Waals surface area contributed by atoms with Crippen molar-refractivity contribution >= 4 is 6.08 Å². The fourth-order valence-electron chi connectivity index (χ4n) is 2.18. The van der Waals surface area contributed by atoms with Gasteiger partial charge in [-0.05, 0) is 44.4 Å². The number of hydrogen-bond donors (Lipinski definition) is 1. The molecule has 0 amide bonds. The first-order valence-corrected chi connectivity index (χ1v) is 6.49. The normalized spacial score (nSPS) is 11.9. The predicted molar refractivity (Wildman–Crippen MR) is 79.0 cm³/mol. The van der Waals surface area contributed by atoms with Crippen molar-refractivity contribution in [3.8, 4) is 0 Å². The van der Waals surface area contributed by atoms with E-state index in [1.165, 1.54) is 27.8 Å². The average molecular weight is 247 g/mol. The van der Waals surface area contributed by atoms with Crippen molar-refractivity contribution in [3.05, 3.63) is 40.0 Å². The molecule has 1 aromatic carbocycles. The number of hydrogen-bond acceptors (Lipinski definition) is 2. The highest BCUT2D eigenvalue weighted by Crippen LogP contribution is 2.19. The summed E-state index contributed by atoms with van der Waals surface area (Å²) in [6.07, 6.45) is 2.28. The zero-order valence-electron chi connectivity index (χ0n) is 12.3. The van der Waals surface area contributed by atoms with Crippen LogP contribution in [0.5, 0.6) is 0 Å². The van der Waals surface area contributed by atoms with Gasteiger partial charge in [-0.15, -0.1) is 0 Å². The summed E-state index contributed by atoms with van der Waals surface area (Å²) in [5.74, 6) is 0. The first-order chi connectivity index (χ1) is 8.54. The van der Waals surface area contributed by atoms with Gasteiger partial charge in [0.2, 0.25) is 0 Å². The molecule has 0 saturated carbocycles. The van der Waals surface area contributed by atoms with E-state index in [4.69, 9.17) is 4.74 Å². The van der Waals surface area contributed by atoms with Gasteiger partial charge in [0.15, 0.2) is 0 Å². The quantitative estimate of drug-likeness (QED) is 0.779. The van der Waals surface area contributed by atoms with E-state index in [9.17, 15) is 0 Å². The Kier molecular flexibility index (Phi) is 6.10. The van der Waals surface area contributed by atoms with E-state index in [2.05, 4.69) is 51.2 Å². The second kappa shape index (κ2) is 7.34. The maximum Gasteiger partial charge on any atom is 0.0587 e. The molecule has 1 rings (SSSR count). The lowest BCUT2D eigenvalue weighted by Crippen LogP contribution is -2.20. The summed E-state index contributed by atoms with van der Waals surface area (Å²) in [7, 11) is 1.73. The molecule has 1 aromatic rings. The van der Waals surface area contributed by atoms with Gasteiger partial charge in [0.1, 0.15) is 0 Å². The lowest BCUT2D eigenvalue weighted by Gasteiger charge is -2.10. The van der Waals surface area contributed by atoms with E-state index in [-0.39, 0.29) is 0 Å². The van der Waals surface area contributed by atoms with Gasteiger partial charge in [-0.2, -0.15) is 0 Å². The van der Waals surface area contributed by atoms with Crippen LogP contribution in [-0.2, 0) is 4.74 Å². The monoisotopic (exact) mass is 247 g/mol. The molecule has 2 heteroatoms. The van der Waals surface area contributed by atoms with Crippen molar-refractivity contribution < 1.29 is 4.74 Å². The minimum Gasteiger partial charge on any atom is -0.383 e. The van der Waals surface area contributed by atoms with E-state index >= 15 is 0 Å². The van der Waals surface area contributed by atoms with Crippen molar-refractivity contribution in [1.82, 2.24) is 5.32 Å². The van der Waals surface area contributed by atoms with Gasteiger partial charge in [0.25, 0.3) is 0 Å². The van der Waals surface area contributed by atoms with Crippen LogP contribution < -0.4 is 5.32 Å². The lowest BCUT2D eigenvalue weighted by molar-refractivity contribution is 0.200. The van der Waals surface area contributed by atoms with Gasteiger partial charge >= 0.3 is 0 Å². The van der Waals surface area contributed by atoms with E-state index in [1.54, 1.807) is 7.11 Å². The molecule has 2 nitrogen and oxygen atoms in total. The highest BCUT2D eigenvalue weighted by Gasteiger charge is 2.01. The summed E-state index contributed by atoms with van der Waals surface area (Å²) < 4.78 is 5.01. The zero-order valence-corrected chi connectivity index (χ0v) is 12.3. The smallest absolute Gasteiger partial charge is 0.0587 e. The molecule has 0 heterocycles. The summed E-state index contributed by atoms with van der Waals surface area (Å²) in [6.45, 7) is 11.2. The summed E-state index contributed by atoms with van der Waals surface area (Å²) in [5, 5.41) is 3.36. The van der Waals surface area contributed by atoms with Gasteiger partial charge in [0, 0.05) is 20.2 Å². The number of rotatable bonds is 6. The van der Waals surface area contributed by atoms with Crippen LogP contribution in [0.25, 0.3) is 6.08 Å². The molecule has 100 valence electrons. The van der Waals surface area contributed by atoms with Gasteiger partial charge in [0.05, 0.1) is 6.61 Å². The summed E-state index contributed by atoms with van der Waals surface area (Å²) in [6, 6.07) is 4.48.